The third-order valence-corrected chi connectivity index (χ3v) is 5.39. The van der Waals surface area contributed by atoms with E-state index in [0.717, 1.165) is 45.2 Å². The van der Waals surface area contributed by atoms with Crippen LogP contribution in [-0.4, -0.2) is 42.0 Å². The van der Waals surface area contributed by atoms with Crippen molar-refractivity contribution in [1.82, 2.24) is 10.2 Å². The first-order chi connectivity index (χ1) is 10.1. The van der Waals surface area contributed by atoms with Gasteiger partial charge in [0, 0.05) is 6.54 Å². The van der Waals surface area contributed by atoms with Crippen LogP contribution >= 0.6 is 12.2 Å². The number of likely N-dealkylation sites (tertiary alicyclic amines) is 1. The SMILES string of the molecule is NC(=S)C1(C(=O)NCCCN2CCCC2)CCCCCC1. The van der Waals surface area contributed by atoms with Crippen molar-refractivity contribution in [2.24, 2.45) is 11.1 Å². The first kappa shape index (κ1) is 16.7. The summed E-state index contributed by atoms with van der Waals surface area (Å²) in [5.74, 6) is 0.0679. The molecule has 5 heteroatoms. The monoisotopic (exact) mass is 311 g/mol. The van der Waals surface area contributed by atoms with Crippen LogP contribution in [0.4, 0.5) is 0 Å². The highest BCUT2D eigenvalue weighted by Gasteiger charge is 2.41. The zero-order valence-electron chi connectivity index (χ0n) is 13.0. The van der Waals surface area contributed by atoms with Gasteiger partial charge in [-0.1, -0.05) is 37.9 Å². The maximum Gasteiger partial charge on any atom is 0.233 e. The molecule has 3 N–H and O–H groups in total. The minimum atomic E-state index is -0.584. The smallest absolute Gasteiger partial charge is 0.233 e. The molecule has 0 aromatic carbocycles. The molecule has 1 saturated carbocycles. The summed E-state index contributed by atoms with van der Waals surface area (Å²) in [6.45, 7) is 4.25. The van der Waals surface area contributed by atoms with E-state index >= 15 is 0 Å². The molecule has 2 fully saturated rings. The zero-order chi connectivity index (χ0) is 15.1. The summed E-state index contributed by atoms with van der Waals surface area (Å²) in [5, 5.41) is 3.09. The minimum Gasteiger partial charge on any atom is -0.392 e. The molecule has 0 radical (unpaired) electrons. The molecule has 0 bridgehead atoms. The molecule has 0 spiro atoms. The molecular formula is C16H29N3OS. The molecule has 0 unspecified atom stereocenters. The van der Waals surface area contributed by atoms with Gasteiger partial charge in [0.15, 0.2) is 0 Å². The van der Waals surface area contributed by atoms with Gasteiger partial charge in [0.1, 0.15) is 0 Å². The molecule has 21 heavy (non-hydrogen) atoms. The Morgan fingerprint density at radius 3 is 2.29 bits per heavy atom. The predicted molar refractivity (Wildman–Crippen MR) is 90.2 cm³/mol. The van der Waals surface area contributed by atoms with Gasteiger partial charge in [-0.3, -0.25) is 4.79 Å². The highest BCUT2D eigenvalue weighted by molar-refractivity contribution is 7.80. The highest BCUT2D eigenvalue weighted by atomic mass is 32.1. The van der Waals surface area contributed by atoms with E-state index in [9.17, 15) is 4.79 Å². The van der Waals surface area contributed by atoms with Crippen molar-refractivity contribution in [3.8, 4) is 0 Å². The van der Waals surface area contributed by atoms with E-state index in [0.29, 0.717) is 4.99 Å². The van der Waals surface area contributed by atoms with E-state index < -0.39 is 5.41 Å². The van der Waals surface area contributed by atoms with Crippen LogP contribution in [0.5, 0.6) is 0 Å². The van der Waals surface area contributed by atoms with Crippen LogP contribution < -0.4 is 11.1 Å². The van der Waals surface area contributed by atoms with Gasteiger partial charge in [-0.15, -0.1) is 0 Å². The fourth-order valence-electron chi connectivity index (χ4n) is 3.60. The molecule has 1 aliphatic carbocycles. The Hall–Kier alpha value is -0.680. The maximum atomic E-state index is 12.6. The number of rotatable bonds is 6. The van der Waals surface area contributed by atoms with Crippen LogP contribution in [-0.2, 0) is 4.79 Å². The molecule has 1 aliphatic heterocycles. The van der Waals surface area contributed by atoms with Crippen LogP contribution in [0.3, 0.4) is 0 Å². The van der Waals surface area contributed by atoms with Crippen molar-refractivity contribution >= 4 is 23.1 Å². The van der Waals surface area contributed by atoms with Gasteiger partial charge in [-0.05, 0) is 51.7 Å². The average Bonchev–Trinajstić information content (AvgIpc) is 2.85. The van der Waals surface area contributed by atoms with Crippen molar-refractivity contribution in [1.29, 1.82) is 0 Å². The maximum absolute atomic E-state index is 12.6. The Kier molecular flexibility index (Phi) is 6.42. The molecule has 0 aromatic heterocycles. The summed E-state index contributed by atoms with van der Waals surface area (Å²) in [5.41, 5.74) is 5.35. The number of carbonyl (C=O) groups excluding carboxylic acids is 1. The highest BCUT2D eigenvalue weighted by Crippen LogP contribution is 2.35. The number of nitrogens with one attached hydrogen (secondary N) is 1. The Labute approximate surface area is 133 Å². The van der Waals surface area contributed by atoms with Crippen LogP contribution in [0.1, 0.15) is 57.8 Å². The Morgan fingerprint density at radius 1 is 1.10 bits per heavy atom. The number of hydrogen-bond donors (Lipinski definition) is 2. The van der Waals surface area contributed by atoms with Crippen molar-refractivity contribution in [2.75, 3.05) is 26.2 Å². The van der Waals surface area contributed by atoms with E-state index in [1.165, 1.54) is 38.8 Å². The summed E-state index contributed by atoms with van der Waals surface area (Å²) >= 11 is 5.24. The van der Waals surface area contributed by atoms with E-state index in [-0.39, 0.29) is 5.91 Å². The third kappa shape index (κ3) is 4.39. The summed E-state index contributed by atoms with van der Waals surface area (Å²) in [6, 6.07) is 0. The van der Waals surface area contributed by atoms with E-state index in [1.807, 2.05) is 0 Å². The molecule has 1 saturated heterocycles. The predicted octanol–water partition coefficient (Wildman–Crippen LogP) is 2.22. The standard InChI is InChI=1S/C16H29N3OS/c17-14(21)16(8-3-1-2-4-9-16)15(20)18-10-7-13-19-11-5-6-12-19/h1-13H2,(H2,17,21)(H,18,20). The van der Waals surface area contributed by atoms with Crippen molar-refractivity contribution in [3.63, 3.8) is 0 Å². The summed E-state index contributed by atoms with van der Waals surface area (Å²) in [7, 11) is 0. The number of thiocarbonyl (C=S) groups is 1. The van der Waals surface area contributed by atoms with Gasteiger partial charge in [-0.25, -0.2) is 0 Å². The molecule has 1 heterocycles. The number of nitrogens with zero attached hydrogens (tertiary/aromatic N) is 1. The normalized spacial score (nSPS) is 22.7. The summed E-state index contributed by atoms with van der Waals surface area (Å²) in [6.07, 6.45) is 9.77. The lowest BCUT2D eigenvalue weighted by Crippen LogP contribution is -2.49. The number of carbonyl (C=O) groups is 1. The summed E-state index contributed by atoms with van der Waals surface area (Å²) in [4.78, 5) is 15.5. The van der Waals surface area contributed by atoms with E-state index in [4.69, 9.17) is 18.0 Å². The van der Waals surface area contributed by atoms with Crippen molar-refractivity contribution < 1.29 is 4.79 Å². The fraction of sp³-hybridized carbons (Fsp3) is 0.875. The molecule has 120 valence electrons. The number of amides is 1. The quantitative estimate of drug-likeness (QED) is 0.449. The van der Waals surface area contributed by atoms with Gasteiger partial charge in [0.05, 0.1) is 10.4 Å². The van der Waals surface area contributed by atoms with E-state index in [2.05, 4.69) is 10.2 Å². The minimum absolute atomic E-state index is 0.0679. The Balaban J connectivity index is 1.79. The third-order valence-electron chi connectivity index (χ3n) is 5.00. The lowest BCUT2D eigenvalue weighted by atomic mass is 9.79. The molecule has 0 aromatic rings. The zero-order valence-corrected chi connectivity index (χ0v) is 13.8. The van der Waals surface area contributed by atoms with Crippen LogP contribution in [0.2, 0.25) is 0 Å². The first-order valence-electron chi connectivity index (χ1n) is 8.46. The lowest BCUT2D eigenvalue weighted by molar-refractivity contribution is -0.128. The topological polar surface area (TPSA) is 58.4 Å². The van der Waals surface area contributed by atoms with Gasteiger partial charge >= 0.3 is 0 Å². The number of hydrogen-bond acceptors (Lipinski definition) is 3. The van der Waals surface area contributed by atoms with Crippen molar-refractivity contribution in [2.45, 2.75) is 57.8 Å². The number of nitrogens with two attached hydrogens (primary N) is 1. The molecular weight excluding hydrogens is 282 g/mol. The summed E-state index contributed by atoms with van der Waals surface area (Å²) < 4.78 is 0. The van der Waals surface area contributed by atoms with Crippen LogP contribution in [0.25, 0.3) is 0 Å². The van der Waals surface area contributed by atoms with E-state index in [1.54, 1.807) is 0 Å². The second-order valence-electron chi connectivity index (χ2n) is 6.52. The average molecular weight is 311 g/mol. The largest absolute Gasteiger partial charge is 0.392 e. The molecule has 2 aliphatic rings. The fourth-order valence-corrected chi connectivity index (χ4v) is 3.89. The van der Waals surface area contributed by atoms with Crippen molar-refractivity contribution in [3.05, 3.63) is 0 Å². The van der Waals surface area contributed by atoms with Gasteiger partial charge in [0.25, 0.3) is 0 Å². The van der Waals surface area contributed by atoms with Crippen LogP contribution in [0, 0.1) is 5.41 Å². The molecule has 4 nitrogen and oxygen atoms in total. The van der Waals surface area contributed by atoms with Gasteiger partial charge in [0.2, 0.25) is 5.91 Å². The molecule has 1 amide bonds. The first-order valence-corrected chi connectivity index (χ1v) is 8.86. The Bertz CT molecular complexity index is 359. The van der Waals surface area contributed by atoms with Gasteiger partial charge in [-0.2, -0.15) is 0 Å². The second-order valence-corrected chi connectivity index (χ2v) is 6.96. The van der Waals surface area contributed by atoms with Crippen LogP contribution in [0.15, 0.2) is 0 Å². The molecule has 2 rings (SSSR count). The second kappa shape index (κ2) is 8.08. The lowest BCUT2D eigenvalue weighted by Gasteiger charge is -2.30. The Morgan fingerprint density at radius 2 is 1.71 bits per heavy atom. The molecule has 0 atom stereocenters. The van der Waals surface area contributed by atoms with Gasteiger partial charge < -0.3 is 16.0 Å².